The Morgan fingerprint density at radius 2 is 2.15 bits per heavy atom. The number of rotatable bonds is 6. The van der Waals surface area contributed by atoms with Crippen LogP contribution in [0.25, 0.3) is 0 Å². The fourth-order valence-corrected chi connectivity index (χ4v) is 2.71. The molecule has 0 radical (unpaired) electrons. The number of nitrogens with zero attached hydrogens (tertiary/aromatic N) is 3. The van der Waals surface area contributed by atoms with E-state index in [1.165, 1.54) is 6.42 Å². The lowest BCUT2D eigenvalue weighted by Gasteiger charge is -2.30. The summed E-state index contributed by atoms with van der Waals surface area (Å²) < 4.78 is 2.00. The molecule has 0 saturated carbocycles. The molecule has 0 aliphatic carbocycles. The van der Waals surface area contributed by atoms with Crippen LogP contribution in [-0.2, 0) is 11.3 Å². The maximum absolute atomic E-state index is 12.5. The number of nitrogens with one attached hydrogen (secondary N) is 1. The number of carbonyl (C=O) groups excluding carboxylic acids is 1. The van der Waals surface area contributed by atoms with E-state index in [1.54, 1.807) is 6.33 Å². The number of hydrogen-bond donors (Lipinski definition) is 1. The summed E-state index contributed by atoms with van der Waals surface area (Å²) in [5, 5.41) is 3.37. The second-order valence-electron chi connectivity index (χ2n) is 5.53. The molecule has 112 valence electrons. The van der Waals surface area contributed by atoms with Crippen LogP contribution >= 0.6 is 0 Å². The van der Waals surface area contributed by atoms with Crippen LogP contribution in [0.4, 0.5) is 0 Å². The van der Waals surface area contributed by atoms with Crippen molar-refractivity contribution < 1.29 is 4.79 Å². The summed E-state index contributed by atoms with van der Waals surface area (Å²) in [6, 6.07) is -0.158. The van der Waals surface area contributed by atoms with Crippen LogP contribution in [0.15, 0.2) is 12.5 Å². The Morgan fingerprint density at radius 1 is 1.40 bits per heavy atom. The van der Waals surface area contributed by atoms with Gasteiger partial charge < -0.3 is 14.8 Å². The third-order valence-corrected chi connectivity index (χ3v) is 3.92. The molecule has 1 saturated heterocycles. The first-order valence-electron chi connectivity index (χ1n) is 7.74. The highest BCUT2D eigenvalue weighted by Gasteiger charge is 2.24. The van der Waals surface area contributed by atoms with E-state index in [9.17, 15) is 4.79 Å². The second kappa shape index (κ2) is 7.43. The molecular formula is C15H26N4O. The molecule has 0 spiro atoms. The summed E-state index contributed by atoms with van der Waals surface area (Å²) in [6.45, 7) is 7.68. The topological polar surface area (TPSA) is 50.2 Å². The summed E-state index contributed by atoms with van der Waals surface area (Å²) in [5.41, 5.74) is 1.08. The van der Waals surface area contributed by atoms with Crippen molar-refractivity contribution in [2.45, 2.75) is 52.1 Å². The Morgan fingerprint density at radius 3 is 2.85 bits per heavy atom. The van der Waals surface area contributed by atoms with Gasteiger partial charge in [-0.25, -0.2) is 4.98 Å². The van der Waals surface area contributed by atoms with Gasteiger partial charge in [0.05, 0.1) is 12.0 Å². The standard InChI is InChI=1S/C15H26N4O/c1-3-7-16-10-14-11-17-12-19(14)13(2)15(20)18-8-5-4-6-9-18/h11-13,16H,3-10H2,1-2H3. The van der Waals surface area contributed by atoms with Gasteiger partial charge in [0.15, 0.2) is 0 Å². The van der Waals surface area contributed by atoms with Gasteiger partial charge in [-0.2, -0.15) is 0 Å². The fourth-order valence-electron chi connectivity index (χ4n) is 2.71. The van der Waals surface area contributed by atoms with Gasteiger partial charge >= 0.3 is 0 Å². The lowest BCUT2D eigenvalue weighted by atomic mass is 10.1. The molecule has 0 aromatic carbocycles. The summed E-state index contributed by atoms with van der Waals surface area (Å²) in [7, 11) is 0. The number of imidazole rings is 1. The average Bonchev–Trinajstić information content (AvgIpc) is 2.95. The van der Waals surface area contributed by atoms with Crippen LogP contribution < -0.4 is 5.32 Å². The zero-order valence-corrected chi connectivity index (χ0v) is 12.6. The molecule has 1 unspecified atom stereocenters. The van der Waals surface area contributed by atoms with Gasteiger partial charge in [0, 0.05) is 25.8 Å². The molecule has 0 bridgehead atoms. The first kappa shape index (κ1) is 15.0. The number of aromatic nitrogens is 2. The Bertz CT molecular complexity index is 423. The van der Waals surface area contributed by atoms with E-state index in [2.05, 4.69) is 17.2 Å². The van der Waals surface area contributed by atoms with Crippen molar-refractivity contribution in [1.29, 1.82) is 0 Å². The summed E-state index contributed by atoms with van der Waals surface area (Å²) in [4.78, 5) is 18.7. The Hall–Kier alpha value is -1.36. The molecular weight excluding hydrogens is 252 g/mol. The average molecular weight is 278 g/mol. The van der Waals surface area contributed by atoms with E-state index in [4.69, 9.17) is 0 Å². The molecule has 1 fully saturated rings. The van der Waals surface area contributed by atoms with Gasteiger partial charge in [0.2, 0.25) is 5.91 Å². The van der Waals surface area contributed by atoms with Crippen molar-refractivity contribution in [1.82, 2.24) is 19.8 Å². The molecule has 5 nitrogen and oxygen atoms in total. The van der Waals surface area contributed by atoms with E-state index in [0.29, 0.717) is 0 Å². The molecule has 1 aliphatic rings. The highest BCUT2D eigenvalue weighted by atomic mass is 16.2. The van der Waals surface area contributed by atoms with Crippen molar-refractivity contribution in [3.8, 4) is 0 Å². The van der Waals surface area contributed by atoms with Crippen molar-refractivity contribution in [2.75, 3.05) is 19.6 Å². The first-order chi connectivity index (χ1) is 9.74. The Balaban J connectivity index is 1.98. The quantitative estimate of drug-likeness (QED) is 0.809. The predicted octanol–water partition coefficient (Wildman–Crippen LogP) is 1.96. The van der Waals surface area contributed by atoms with E-state index >= 15 is 0 Å². The fraction of sp³-hybridized carbons (Fsp3) is 0.733. The molecule has 20 heavy (non-hydrogen) atoms. The summed E-state index contributed by atoms with van der Waals surface area (Å²) in [6.07, 6.45) is 8.24. The Kier molecular flexibility index (Phi) is 5.59. The van der Waals surface area contributed by atoms with Crippen molar-refractivity contribution in [3.05, 3.63) is 18.2 Å². The maximum Gasteiger partial charge on any atom is 0.245 e. The summed E-state index contributed by atoms with van der Waals surface area (Å²) >= 11 is 0. The van der Waals surface area contributed by atoms with Crippen molar-refractivity contribution in [2.24, 2.45) is 0 Å². The van der Waals surface area contributed by atoms with Gasteiger partial charge in [-0.1, -0.05) is 6.92 Å². The lowest BCUT2D eigenvalue weighted by molar-refractivity contribution is -0.135. The smallest absolute Gasteiger partial charge is 0.245 e. The number of amides is 1. The van der Waals surface area contributed by atoms with Gasteiger partial charge in [0.1, 0.15) is 6.04 Å². The number of piperidine rings is 1. The molecule has 1 N–H and O–H groups in total. The second-order valence-corrected chi connectivity index (χ2v) is 5.53. The highest BCUT2D eigenvalue weighted by Crippen LogP contribution is 2.17. The van der Waals surface area contributed by atoms with Crippen LogP contribution in [0.1, 0.15) is 51.3 Å². The van der Waals surface area contributed by atoms with Crippen molar-refractivity contribution in [3.63, 3.8) is 0 Å². The molecule has 2 heterocycles. The monoisotopic (exact) mass is 278 g/mol. The zero-order valence-electron chi connectivity index (χ0n) is 12.6. The summed E-state index contributed by atoms with van der Waals surface area (Å²) in [5.74, 6) is 0.222. The number of likely N-dealkylation sites (tertiary alicyclic amines) is 1. The van der Waals surface area contributed by atoms with Crippen LogP contribution in [0.5, 0.6) is 0 Å². The lowest BCUT2D eigenvalue weighted by Crippen LogP contribution is -2.40. The number of hydrogen-bond acceptors (Lipinski definition) is 3. The SMILES string of the molecule is CCCNCc1cncn1C(C)C(=O)N1CCCCC1. The number of carbonyl (C=O) groups is 1. The molecule has 1 aromatic rings. The molecule has 1 amide bonds. The van der Waals surface area contributed by atoms with Gasteiger partial charge in [-0.15, -0.1) is 0 Å². The van der Waals surface area contributed by atoms with Crippen LogP contribution in [0.2, 0.25) is 0 Å². The molecule has 2 rings (SSSR count). The van der Waals surface area contributed by atoms with Crippen LogP contribution in [0, 0.1) is 0 Å². The van der Waals surface area contributed by atoms with Crippen molar-refractivity contribution >= 4 is 5.91 Å². The van der Waals surface area contributed by atoms with Gasteiger partial charge in [-0.05, 0) is 39.2 Å². The minimum absolute atomic E-state index is 0.158. The normalized spacial score (nSPS) is 17.2. The zero-order chi connectivity index (χ0) is 14.4. The third kappa shape index (κ3) is 3.60. The van der Waals surface area contributed by atoms with E-state index in [-0.39, 0.29) is 11.9 Å². The van der Waals surface area contributed by atoms with E-state index in [1.807, 2.05) is 22.6 Å². The van der Waals surface area contributed by atoms with Gasteiger partial charge in [-0.3, -0.25) is 4.79 Å². The molecule has 1 atom stereocenters. The first-order valence-corrected chi connectivity index (χ1v) is 7.74. The minimum atomic E-state index is -0.158. The predicted molar refractivity (Wildman–Crippen MR) is 79.4 cm³/mol. The molecule has 5 heteroatoms. The third-order valence-electron chi connectivity index (χ3n) is 3.92. The van der Waals surface area contributed by atoms with Gasteiger partial charge in [0.25, 0.3) is 0 Å². The molecule has 1 aliphatic heterocycles. The largest absolute Gasteiger partial charge is 0.341 e. The van der Waals surface area contributed by atoms with E-state index < -0.39 is 0 Å². The Labute approximate surface area is 121 Å². The van der Waals surface area contributed by atoms with Crippen LogP contribution in [0.3, 0.4) is 0 Å². The van der Waals surface area contributed by atoms with Crippen LogP contribution in [-0.4, -0.2) is 40.0 Å². The molecule has 1 aromatic heterocycles. The highest BCUT2D eigenvalue weighted by molar-refractivity contribution is 5.80. The minimum Gasteiger partial charge on any atom is -0.341 e. The maximum atomic E-state index is 12.5. The van der Waals surface area contributed by atoms with E-state index in [0.717, 1.165) is 51.1 Å².